The van der Waals surface area contributed by atoms with Crippen LogP contribution in [0.15, 0.2) is 58.5 Å². The molecule has 0 spiro atoms. The summed E-state index contributed by atoms with van der Waals surface area (Å²) >= 11 is 0. The van der Waals surface area contributed by atoms with Crippen molar-refractivity contribution >= 4 is 20.9 Å². The largest absolute Gasteiger partial charge is 0.277 e. The molecular weight excluding hydrogens is 318 g/mol. The molecule has 0 amide bonds. The number of fused-ring (bicyclic) bond motifs is 1. The monoisotopic (exact) mass is 331 g/mol. The van der Waals surface area contributed by atoms with Crippen molar-refractivity contribution in [2.45, 2.75) is 11.4 Å². The van der Waals surface area contributed by atoms with Gasteiger partial charge < -0.3 is 0 Å². The van der Waals surface area contributed by atoms with Crippen LogP contribution >= 0.6 is 0 Å². The molecule has 1 aromatic carbocycles. The molecule has 2 heterocycles. The number of hydrogen-bond acceptors (Lipinski definition) is 6. The molecule has 2 aromatic heterocycles. The summed E-state index contributed by atoms with van der Waals surface area (Å²) in [4.78, 5) is 16.1. The van der Waals surface area contributed by atoms with E-state index in [-0.39, 0.29) is 23.5 Å². The molecule has 0 aliphatic heterocycles. The summed E-state index contributed by atoms with van der Waals surface area (Å²) in [5.74, 6) is 0. The Bertz CT molecular complexity index is 986. The van der Waals surface area contributed by atoms with Crippen LogP contribution in [0.1, 0.15) is 0 Å². The molecule has 1 N–H and O–H groups in total. The average molecular weight is 331 g/mol. The predicted molar refractivity (Wildman–Crippen MR) is 83.2 cm³/mol. The Labute approximate surface area is 131 Å². The lowest BCUT2D eigenvalue weighted by Crippen LogP contribution is -2.32. The Morgan fingerprint density at radius 3 is 2.74 bits per heavy atom. The van der Waals surface area contributed by atoms with Crippen molar-refractivity contribution in [1.82, 2.24) is 24.7 Å². The number of rotatable bonds is 5. The fraction of sp³-hybridized carbons (Fsp3) is 0.143. The molecule has 8 nitrogen and oxygen atoms in total. The maximum Gasteiger partial charge on any atom is 0.277 e. The SMILES string of the molecule is O=c1c2ccccc2nnn1CCNS(=O)(=O)c1cccnc1. The van der Waals surface area contributed by atoms with Crippen molar-refractivity contribution in [2.24, 2.45) is 0 Å². The quantitative estimate of drug-likeness (QED) is 0.714. The van der Waals surface area contributed by atoms with Crippen LogP contribution in [0.4, 0.5) is 0 Å². The van der Waals surface area contributed by atoms with Crippen molar-refractivity contribution in [2.75, 3.05) is 6.54 Å². The van der Waals surface area contributed by atoms with E-state index in [2.05, 4.69) is 20.0 Å². The molecule has 0 radical (unpaired) electrons. The Morgan fingerprint density at radius 2 is 1.96 bits per heavy atom. The molecule has 0 aliphatic rings. The van der Waals surface area contributed by atoms with E-state index in [1.54, 1.807) is 24.3 Å². The highest BCUT2D eigenvalue weighted by molar-refractivity contribution is 7.89. The van der Waals surface area contributed by atoms with Crippen LogP contribution in [-0.4, -0.2) is 34.9 Å². The van der Waals surface area contributed by atoms with Gasteiger partial charge in [0.05, 0.1) is 11.9 Å². The third-order valence-electron chi connectivity index (χ3n) is 3.19. The number of pyridine rings is 1. The van der Waals surface area contributed by atoms with Crippen molar-refractivity contribution < 1.29 is 8.42 Å². The van der Waals surface area contributed by atoms with E-state index in [0.717, 1.165) is 4.68 Å². The third kappa shape index (κ3) is 3.25. The van der Waals surface area contributed by atoms with E-state index in [1.807, 2.05) is 0 Å². The maximum atomic E-state index is 12.2. The Morgan fingerprint density at radius 1 is 1.13 bits per heavy atom. The lowest BCUT2D eigenvalue weighted by molar-refractivity contribution is 0.531. The van der Waals surface area contributed by atoms with Crippen LogP contribution in [0.5, 0.6) is 0 Å². The van der Waals surface area contributed by atoms with E-state index in [0.29, 0.717) is 10.9 Å². The molecule has 0 saturated carbocycles. The lowest BCUT2D eigenvalue weighted by Gasteiger charge is -2.07. The van der Waals surface area contributed by atoms with Crippen molar-refractivity contribution in [3.05, 3.63) is 59.1 Å². The van der Waals surface area contributed by atoms with Gasteiger partial charge in [-0.25, -0.2) is 17.8 Å². The summed E-state index contributed by atoms with van der Waals surface area (Å²) in [6.45, 7) is 0.0975. The van der Waals surface area contributed by atoms with Gasteiger partial charge in [0.25, 0.3) is 5.56 Å². The number of hydrogen-bond donors (Lipinski definition) is 1. The summed E-state index contributed by atoms with van der Waals surface area (Å²) in [6, 6.07) is 9.83. The molecule has 0 atom stereocenters. The minimum Gasteiger partial charge on any atom is -0.267 e. The second-order valence-corrected chi connectivity index (χ2v) is 6.49. The zero-order valence-corrected chi connectivity index (χ0v) is 12.8. The Hall–Kier alpha value is -2.65. The summed E-state index contributed by atoms with van der Waals surface area (Å²) in [5.41, 5.74) is 0.195. The van der Waals surface area contributed by atoms with E-state index in [9.17, 15) is 13.2 Å². The normalized spacial score (nSPS) is 11.7. The second-order valence-electron chi connectivity index (χ2n) is 4.72. The molecule has 9 heteroatoms. The minimum atomic E-state index is -3.66. The van der Waals surface area contributed by atoms with Crippen molar-refractivity contribution in [3.8, 4) is 0 Å². The second kappa shape index (κ2) is 6.23. The number of benzene rings is 1. The summed E-state index contributed by atoms with van der Waals surface area (Å²) in [5, 5.41) is 8.19. The highest BCUT2D eigenvalue weighted by Gasteiger charge is 2.13. The van der Waals surface area contributed by atoms with Gasteiger partial charge in [0.2, 0.25) is 10.0 Å². The number of aromatic nitrogens is 4. The highest BCUT2D eigenvalue weighted by Crippen LogP contribution is 2.05. The molecule has 0 aliphatic carbocycles. The van der Waals surface area contributed by atoms with Gasteiger partial charge in [-0.15, -0.1) is 5.10 Å². The van der Waals surface area contributed by atoms with Gasteiger partial charge in [0, 0.05) is 18.9 Å². The standard InChI is InChI=1S/C14H13N5O3S/c20-14-12-5-1-2-6-13(12)17-18-19(14)9-8-16-23(21,22)11-4-3-7-15-10-11/h1-7,10,16H,8-9H2. The van der Waals surface area contributed by atoms with E-state index in [1.165, 1.54) is 24.5 Å². The maximum absolute atomic E-state index is 12.2. The molecule has 0 bridgehead atoms. The topological polar surface area (TPSA) is 107 Å². The van der Waals surface area contributed by atoms with Gasteiger partial charge in [0.1, 0.15) is 10.4 Å². The van der Waals surface area contributed by atoms with Crippen LogP contribution in [-0.2, 0) is 16.6 Å². The van der Waals surface area contributed by atoms with Crippen molar-refractivity contribution in [3.63, 3.8) is 0 Å². The number of nitrogens with one attached hydrogen (secondary N) is 1. The molecule has 23 heavy (non-hydrogen) atoms. The van der Waals surface area contributed by atoms with Gasteiger partial charge in [-0.1, -0.05) is 17.3 Å². The van der Waals surface area contributed by atoms with Gasteiger partial charge >= 0.3 is 0 Å². The van der Waals surface area contributed by atoms with Crippen LogP contribution in [0.3, 0.4) is 0 Å². The zero-order valence-electron chi connectivity index (χ0n) is 12.0. The van der Waals surface area contributed by atoms with Gasteiger partial charge in [0.15, 0.2) is 0 Å². The first-order valence-corrected chi connectivity index (χ1v) is 8.28. The number of sulfonamides is 1. The first-order valence-electron chi connectivity index (χ1n) is 6.80. The van der Waals surface area contributed by atoms with Crippen LogP contribution in [0, 0.1) is 0 Å². The molecule has 0 fully saturated rings. The van der Waals surface area contributed by atoms with Crippen molar-refractivity contribution in [1.29, 1.82) is 0 Å². The highest BCUT2D eigenvalue weighted by atomic mass is 32.2. The minimum absolute atomic E-state index is 0.0180. The molecule has 0 unspecified atom stereocenters. The van der Waals surface area contributed by atoms with E-state index >= 15 is 0 Å². The summed E-state index contributed by atoms with van der Waals surface area (Å²) in [6.07, 6.45) is 2.74. The molecule has 3 rings (SSSR count). The first kappa shape index (κ1) is 15.3. The lowest BCUT2D eigenvalue weighted by atomic mass is 10.2. The molecule has 3 aromatic rings. The zero-order chi connectivity index (χ0) is 16.3. The van der Waals surface area contributed by atoms with E-state index < -0.39 is 10.0 Å². The Kier molecular flexibility index (Phi) is 4.13. The van der Waals surface area contributed by atoms with Gasteiger partial charge in [-0.3, -0.25) is 9.78 Å². The molecular formula is C14H13N5O3S. The fourth-order valence-corrected chi connectivity index (χ4v) is 3.03. The van der Waals surface area contributed by atoms with Gasteiger partial charge in [-0.2, -0.15) is 0 Å². The summed E-state index contributed by atoms with van der Waals surface area (Å²) < 4.78 is 27.6. The molecule has 0 saturated heterocycles. The molecule has 118 valence electrons. The smallest absolute Gasteiger partial charge is 0.267 e. The number of nitrogens with zero attached hydrogens (tertiary/aromatic N) is 4. The first-order chi connectivity index (χ1) is 11.1. The van der Waals surface area contributed by atoms with Gasteiger partial charge in [-0.05, 0) is 24.3 Å². The fourth-order valence-electron chi connectivity index (χ4n) is 2.05. The summed E-state index contributed by atoms with van der Waals surface area (Å²) in [7, 11) is -3.66. The van der Waals surface area contributed by atoms with Crippen LogP contribution in [0.25, 0.3) is 10.9 Å². The van der Waals surface area contributed by atoms with E-state index in [4.69, 9.17) is 0 Å². The Balaban J connectivity index is 1.75. The van der Waals surface area contributed by atoms with Crippen LogP contribution < -0.4 is 10.3 Å². The van der Waals surface area contributed by atoms with Crippen LogP contribution in [0.2, 0.25) is 0 Å². The predicted octanol–water partition coefficient (Wildman–Crippen LogP) is 0.165. The third-order valence-corrected chi connectivity index (χ3v) is 4.64. The average Bonchev–Trinajstić information content (AvgIpc) is 2.58.